The molecule has 18 heavy (non-hydrogen) atoms. The molecule has 1 aromatic carbocycles. The van der Waals surface area contributed by atoms with Gasteiger partial charge in [-0.15, -0.1) is 0 Å². The number of nitrogens with one attached hydrogen (secondary N) is 1. The van der Waals surface area contributed by atoms with E-state index in [-0.39, 0.29) is 18.3 Å². The first kappa shape index (κ1) is 12.7. The molecule has 0 aliphatic carbocycles. The number of carbonyl (C=O) groups is 2. The third-order valence-electron chi connectivity index (χ3n) is 2.35. The summed E-state index contributed by atoms with van der Waals surface area (Å²) >= 11 is 3.23. The highest BCUT2D eigenvalue weighted by molar-refractivity contribution is 9.10. The summed E-state index contributed by atoms with van der Waals surface area (Å²) in [5.74, 6) is -0.501. The summed E-state index contributed by atoms with van der Waals surface area (Å²) < 4.78 is 10.9. The fourth-order valence-electron chi connectivity index (χ4n) is 1.46. The van der Waals surface area contributed by atoms with Gasteiger partial charge in [-0.2, -0.15) is 0 Å². The molecule has 1 unspecified atom stereocenters. The number of carbonyl (C=O) groups excluding carboxylic acids is 1. The van der Waals surface area contributed by atoms with Gasteiger partial charge in [-0.1, -0.05) is 0 Å². The Morgan fingerprint density at radius 2 is 2.39 bits per heavy atom. The molecule has 0 bridgehead atoms. The largest absolute Gasteiger partial charge is 0.488 e. The number of rotatable bonds is 4. The molecule has 1 saturated heterocycles. The van der Waals surface area contributed by atoms with Crippen LogP contribution in [0.4, 0.5) is 4.79 Å². The highest BCUT2D eigenvalue weighted by atomic mass is 79.9. The number of amides is 1. The minimum absolute atomic E-state index is 0.170. The second kappa shape index (κ2) is 5.26. The number of hydrogen-bond acceptors (Lipinski definition) is 4. The lowest BCUT2D eigenvalue weighted by Gasteiger charge is -2.11. The van der Waals surface area contributed by atoms with Gasteiger partial charge in [-0.05, 0) is 34.1 Å². The average Bonchev–Trinajstić information content (AvgIpc) is 2.73. The molecule has 0 saturated carbocycles. The SMILES string of the molecule is O=C1NCC(COc2ccc(C(=O)O)cc2Br)O1. The van der Waals surface area contributed by atoms with E-state index in [1.807, 2.05) is 0 Å². The molecule has 0 radical (unpaired) electrons. The summed E-state index contributed by atoms with van der Waals surface area (Å²) in [7, 11) is 0. The van der Waals surface area contributed by atoms with Crippen molar-refractivity contribution >= 4 is 28.0 Å². The Balaban J connectivity index is 1.97. The van der Waals surface area contributed by atoms with Crippen LogP contribution in [0.2, 0.25) is 0 Å². The second-order valence-electron chi connectivity index (χ2n) is 3.67. The molecular formula is C11H10BrNO5. The lowest BCUT2D eigenvalue weighted by molar-refractivity contribution is 0.0696. The van der Waals surface area contributed by atoms with E-state index in [9.17, 15) is 9.59 Å². The van der Waals surface area contributed by atoms with Crippen molar-refractivity contribution < 1.29 is 24.2 Å². The second-order valence-corrected chi connectivity index (χ2v) is 4.52. The molecule has 7 heteroatoms. The van der Waals surface area contributed by atoms with Crippen molar-refractivity contribution in [2.24, 2.45) is 0 Å². The standard InChI is InChI=1S/C11H10BrNO5/c12-8-3-6(10(14)15)1-2-9(8)17-5-7-4-13-11(16)18-7/h1-3,7H,4-5H2,(H,13,16)(H,14,15). The fraction of sp³-hybridized carbons (Fsp3) is 0.273. The van der Waals surface area contributed by atoms with Gasteiger partial charge < -0.3 is 19.9 Å². The molecule has 1 heterocycles. The van der Waals surface area contributed by atoms with Gasteiger partial charge in [0.2, 0.25) is 0 Å². The summed E-state index contributed by atoms with van der Waals surface area (Å²) in [6.07, 6.45) is -0.785. The van der Waals surface area contributed by atoms with E-state index in [4.69, 9.17) is 14.6 Å². The maximum Gasteiger partial charge on any atom is 0.407 e. The van der Waals surface area contributed by atoms with Gasteiger partial charge in [0.15, 0.2) is 6.10 Å². The zero-order valence-electron chi connectivity index (χ0n) is 9.18. The van der Waals surface area contributed by atoms with Crippen LogP contribution < -0.4 is 10.1 Å². The van der Waals surface area contributed by atoms with Crippen molar-refractivity contribution in [3.8, 4) is 5.75 Å². The Labute approximate surface area is 111 Å². The zero-order valence-corrected chi connectivity index (χ0v) is 10.8. The predicted molar refractivity (Wildman–Crippen MR) is 64.9 cm³/mol. The Hall–Kier alpha value is -1.76. The van der Waals surface area contributed by atoms with Crippen molar-refractivity contribution in [3.63, 3.8) is 0 Å². The van der Waals surface area contributed by atoms with Crippen LogP contribution in [0.1, 0.15) is 10.4 Å². The maximum atomic E-state index is 10.8. The van der Waals surface area contributed by atoms with E-state index in [1.54, 1.807) is 6.07 Å². The number of carboxylic acid groups (broad SMARTS) is 1. The number of halogens is 1. The molecule has 1 aliphatic heterocycles. The smallest absolute Gasteiger partial charge is 0.407 e. The van der Waals surface area contributed by atoms with E-state index < -0.39 is 12.1 Å². The number of alkyl carbamates (subject to hydrolysis) is 1. The highest BCUT2D eigenvalue weighted by Gasteiger charge is 2.23. The summed E-state index contributed by atoms with van der Waals surface area (Å²) in [6.45, 7) is 0.618. The van der Waals surface area contributed by atoms with Gasteiger partial charge in [-0.3, -0.25) is 0 Å². The van der Waals surface area contributed by atoms with Gasteiger partial charge in [0, 0.05) is 0 Å². The zero-order chi connectivity index (χ0) is 13.1. The molecule has 2 rings (SSSR count). The predicted octanol–water partition coefficient (Wildman–Crippen LogP) is 1.63. The quantitative estimate of drug-likeness (QED) is 0.882. The number of cyclic esters (lactones) is 1. The molecule has 1 atom stereocenters. The molecule has 0 aromatic heterocycles. The van der Waals surface area contributed by atoms with Gasteiger partial charge in [0.25, 0.3) is 0 Å². The molecule has 6 nitrogen and oxygen atoms in total. The van der Waals surface area contributed by atoms with Crippen molar-refractivity contribution in [2.45, 2.75) is 6.10 Å². The first-order valence-electron chi connectivity index (χ1n) is 5.16. The van der Waals surface area contributed by atoms with Crippen LogP contribution in [-0.4, -0.2) is 36.4 Å². The van der Waals surface area contributed by atoms with E-state index in [2.05, 4.69) is 21.2 Å². The fourth-order valence-corrected chi connectivity index (χ4v) is 1.95. The van der Waals surface area contributed by atoms with E-state index in [0.717, 1.165) is 0 Å². The summed E-state index contributed by atoms with van der Waals surface area (Å²) in [6, 6.07) is 4.45. The van der Waals surface area contributed by atoms with Crippen LogP contribution in [0.15, 0.2) is 22.7 Å². The van der Waals surface area contributed by atoms with Gasteiger partial charge in [-0.25, -0.2) is 9.59 Å². The average molecular weight is 316 g/mol. The summed E-state index contributed by atoms with van der Waals surface area (Å²) in [4.78, 5) is 21.5. The Bertz CT molecular complexity index is 490. The molecule has 1 aliphatic rings. The van der Waals surface area contributed by atoms with Crippen LogP contribution in [0.25, 0.3) is 0 Å². The lowest BCUT2D eigenvalue weighted by atomic mass is 10.2. The minimum Gasteiger partial charge on any atom is -0.488 e. The third-order valence-corrected chi connectivity index (χ3v) is 2.97. The molecule has 0 spiro atoms. The Morgan fingerprint density at radius 1 is 1.61 bits per heavy atom. The van der Waals surface area contributed by atoms with Crippen LogP contribution in [-0.2, 0) is 4.74 Å². The number of carboxylic acids is 1. The molecule has 2 N–H and O–H groups in total. The van der Waals surface area contributed by atoms with E-state index >= 15 is 0 Å². The first-order valence-corrected chi connectivity index (χ1v) is 5.95. The number of hydrogen-bond donors (Lipinski definition) is 2. The molecule has 1 aromatic rings. The van der Waals surface area contributed by atoms with Crippen LogP contribution in [0.3, 0.4) is 0 Å². The molecule has 1 fully saturated rings. The van der Waals surface area contributed by atoms with Crippen LogP contribution >= 0.6 is 15.9 Å². The molecule has 1 amide bonds. The van der Waals surface area contributed by atoms with E-state index in [0.29, 0.717) is 16.8 Å². The minimum atomic E-state index is -1.00. The van der Waals surface area contributed by atoms with Crippen molar-refractivity contribution in [3.05, 3.63) is 28.2 Å². The summed E-state index contributed by atoms with van der Waals surface area (Å²) in [5.41, 5.74) is 0.170. The summed E-state index contributed by atoms with van der Waals surface area (Å²) in [5, 5.41) is 11.3. The van der Waals surface area contributed by atoms with Gasteiger partial charge in [0.1, 0.15) is 12.4 Å². The monoisotopic (exact) mass is 315 g/mol. The van der Waals surface area contributed by atoms with Crippen molar-refractivity contribution in [1.82, 2.24) is 5.32 Å². The number of ether oxygens (including phenoxy) is 2. The van der Waals surface area contributed by atoms with E-state index in [1.165, 1.54) is 12.1 Å². The first-order chi connectivity index (χ1) is 8.56. The van der Waals surface area contributed by atoms with Gasteiger partial charge in [0.05, 0.1) is 16.6 Å². The third kappa shape index (κ3) is 2.92. The molecular weight excluding hydrogens is 306 g/mol. The Kier molecular flexibility index (Phi) is 3.71. The van der Waals surface area contributed by atoms with Crippen molar-refractivity contribution in [1.29, 1.82) is 0 Å². The van der Waals surface area contributed by atoms with Crippen molar-refractivity contribution in [2.75, 3.05) is 13.2 Å². The highest BCUT2D eigenvalue weighted by Crippen LogP contribution is 2.26. The van der Waals surface area contributed by atoms with Gasteiger partial charge >= 0.3 is 12.1 Å². The lowest BCUT2D eigenvalue weighted by Crippen LogP contribution is -2.22. The topological polar surface area (TPSA) is 84.9 Å². The van der Waals surface area contributed by atoms with Crippen LogP contribution in [0.5, 0.6) is 5.75 Å². The normalized spacial score (nSPS) is 18.1. The maximum absolute atomic E-state index is 10.8. The van der Waals surface area contributed by atoms with Crippen LogP contribution in [0, 0.1) is 0 Å². The number of benzene rings is 1. The Morgan fingerprint density at radius 3 is 2.94 bits per heavy atom. The molecule has 96 valence electrons. The number of aromatic carboxylic acids is 1.